The number of aliphatic imine (C=N–C) groups is 1. The van der Waals surface area contributed by atoms with Crippen LogP contribution in [0.25, 0.3) is 0 Å². The fourth-order valence-corrected chi connectivity index (χ4v) is 1.64. The van der Waals surface area contributed by atoms with E-state index in [-0.39, 0.29) is 18.0 Å². The molecule has 100 valence electrons. The molecule has 0 unspecified atom stereocenters. The monoisotopic (exact) mass is 267 g/mol. The van der Waals surface area contributed by atoms with E-state index in [2.05, 4.69) is 4.99 Å². The van der Waals surface area contributed by atoms with Crippen molar-refractivity contribution in [1.82, 2.24) is 0 Å². The molecule has 4 nitrogen and oxygen atoms in total. The summed E-state index contributed by atoms with van der Waals surface area (Å²) in [5, 5.41) is 9.49. The Labute approximate surface area is 116 Å². The molecule has 0 heterocycles. The van der Waals surface area contributed by atoms with Gasteiger partial charge in [-0.2, -0.15) is 0 Å². The zero-order valence-corrected chi connectivity index (χ0v) is 10.7. The molecular weight excluding hydrogens is 254 g/mol. The molecule has 0 fully saturated rings. The maximum atomic E-state index is 11.8. The molecule has 2 aromatic carbocycles. The Bertz CT molecular complexity index is 648. The van der Waals surface area contributed by atoms with Crippen LogP contribution in [0.2, 0.25) is 0 Å². The van der Waals surface area contributed by atoms with Crippen LogP contribution >= 0.6 is 0 Å². The summed E-state index contributed by atoms with van der Waals surface area (Å²) in [6.45, 7) is 0. The van der Waals surface area contributed by atoms with Crippen LogP contribution in [-0.2, 0) is 4.79 Å². The molecule has 4 heteroatoms. The number of hydrogen-bond donors (Lipinski definition) is 1. The summed E-state index contributed by atoms with van der Waals surface area (Å²) in [5.41, 5.74) is 0.796. The SMILES string of the molecule is O=C(C=Nc1ccccc1O)CC(=O)c1ccccc1. The number of Topliss-reactive ketones (excluding diaryl/α,β-unsaturated/α-hetero) is 2. The average Bonchev–Trinajstić information content (AvgIpc) is 2.47. The number of carbonyl (C=O) groups is 2. The molecule has 2 rings (SSSR count). The van der Waals surface area contributed by atoms with Gasteiger partial charge in [-0.25, -0.2) is 4.99 Å². The lowest BCUT2D eigenvalue weighted by molar-refractivity contribution is -0.111. The topological polar surface area (TPSA) is 66.7 Å². The molecule has 20 heavy (non-hydrogen) atoms. The van der Waals surface area contributed by atoms with Gasteiger partial charge in [-0.05, 0) is 12.1 Å². The van der Waals surface area contributed by atoms with Gasteiger partial charge in [0.1, 0.15) is 11.4 Å². The first-order valence-electron chi connectivity index (χ1n) is 6.10. The molecule has 0 saturated carbocycles. The Hall–Kier alpha value is -2.75. The van der Waals surface area contributed by atoms with E-state index in [1.165, 1.54) is 6.07 Å². The molecule has 0 aliphatic carbocycles. The van der Waals surface area contributed by atoms with Gasteiger partial charge in [-0.3, -0.25) is 9.59 Å². The van der Waals surface area contributed by atoms with Gasteiger partial charge in [0, 0.05) is 5.56 Å². The van der Waals surface area contributed by atoms with Crippen LogP contribution in [0.5, 0.6) is 5.75 Å². The summed E-state index contributed by atoms with van der Waals surface area (Å²) in [7, 11) is 0. The number of para-hydroxylation sites is 2. The summed E-state index contributed by atoms with van der Waals surface area (Å²) in [6, 6.07) is 15.0. The van der Waals surface area contributed by atoms with Crippen molar-refractivity contribution in [1.29, 1.82) is 0 Å². The van der Waals surface area contributed by atoms with Crippen molar-refractivity contribution in [2.45, 2.75) is 6.42 Å². The van der Waals surface area contributed by atoms with Gasteiger partial charge in [-0.1, -0.05) is 42.5 Å². The second-order valence-electron chi connectivity index (χ2n) is 4.18. The summed E-state index contributed by atoms with van der Waals surface area (Å²) in [5.74, 6) is -0.660. The second-order valence-corrected chi connectivity index (χ2v) is 4.18. The smallest absolute Gasteiger partial charge is 0.181 e. The van der Waals surface area contributed by atoms with Crippen molar-refractivity contribution in [2.24, 2.45) is 4.99 Å². The van der Waals surface area contributed by atoms with E-state index in [1.807, 2.05) is 0 Å². The Kier molecular flexibility index (Phi) is 4.39. The highest BCUT2D eigenvalue weighted by Crippen LogP contribution is 2.24. The molecule has 1 N–H and O–H groups in total. The highest BCUT2D eigenvalue weighted by molar-refractivity contribution is 6.33. The summed E-state index contributed by atoms with van der Waals surface area (Å²) in [4.78, 5) is 27.3. The number of hydrogen-bond acceptors (Lipinski definition) is 4. The summed E-state index contributed by atoms with van der Waals surface area (Å²) >= 11 is 0. The van der Waals surface area contributed by atoms with Crippen LogP contribution < -0.4 is 0 Å². The minimum absolute atomic E-state index is 0.00839. The molecule has 0 radical (unpaired) electrons. The number of rotatable bonds is 5. The van der Waals surface area contributed by atoms with Crippen molar-refractivity contribution < 1.29 is 14.7 Å². The van der Waals surface area contributed by atoms with E-state index in [1.54, 1.807) is 48.5 Å². The van der Waals surface area contributed by atoms with Crippen molar-refractivity contribution >= 4 is 23.5 Å². The molecule has 0 amide bonds. The summed E-state index contributed by atoms with van der Waals surface area (Å²) < 4.78 is 0. The lowest BCUT2D eigenvalue weighted by atomic mass is 10.1. The van der Waals surface area contributed by atoms with Gasteiger partial charge in [0.15, 0.2) is 11.6 Å². The van der Waals surface area contributed by atoms with Crippen LogP contribution in [0, 0.1) is 0 Å². The zero-order chi connectivity index (χ0) is 14.4. The zero-order valence-electron chi connectivity index (χ0n) is 10.7. The third-order valence-corrected chi connectivity index (χ3v) is 2.66. The molecular formula is C16H13NO3. The molecule has 0 bridgehead atoms. The van der Waals surface area contributed by atoms with Gasteiger partial charge < -0.3 is 5.11 Å². The molecule has 0 aliphatic heterocycles. The quantitative estimate of drug-likeness (QED) is 0.514. The largest absolute Gasteiger partial charge is 0.506 e. The van der Waals surface area contributed by atoms with Crippen molar-refractivity contribution in [3.05, 3.63) is 60.2 Å². The molecule has 0 aliphatic rings. The molecule has 0 saturated heterocycles. The molecule has 0 atom stereocenters. The maximum Gasteiger partial charge on any atom is 0.181 e. The highest BCUT2D eigenvalue weighted by Gasteiger charge is 2.09. The number of phenols is 1. The third kappa shape index (κ3) is 3.62. The number of nitrogens with zero attached hydrogens (tertiary/aromatic N) is 1. The lowest BCUT2D eigenvalue weighted by Crippen LogP contribution is -2.08. The minimum Gasteiger partial charge on any atom is -0.506 e. The van der Waals surface area contributed by atoms with Crippen LogP contribution in [0.4, 0.5) is 5.69 Å². The summed E-state index contributed by atoms with van der Waals surface area (Å²) in [6.07, 6.45) is 0.830. The van der Waals surface area contributed by atoms with E-state index >= 15 is 0 Å². The van der Waals surface area contributed by atoms with Gasteiger partial charge in [0.2, 0.25) is 0 Å². The number of phenolic OH excluding ortho intramolecular Hbond substituents is 1. The first-order chi connectivity index (χ1) is 9.66. The molecule has 0 spiro atoms. The van der Waals surface area contributed by atoms with Gasteiger partial charge in [0.05, 0.1) is 12.6 Å². The third-order valence-electron chi connectivity index (χ3n) is 2.66. The van der Waals surface area contributed by atoms with Gasteiger partial charge >= 0.3 is 0 Å². The van der Waals surface area contributed by atoms with Crippen LogP contribution in [0.1, 0.15) is 16.8 Å². The van der Waals surface area contributed by atoms with Gasteiger partial charge in [0.25, 0.3) is 0 Å². The Morgan fingerprint density at radius 2 is 1.65 bits per heavy atom. The lowest BCUT2D eigenvalue weighted by Gasteiger charge is -1.98. The van der Waals surface area contributed by atoms with Crippen LogP contribution in [0.3, 0.4) is 0 Å². The fourth-order valence-electron chi connectivity index (χ4n) is 1.64. The Balaban J connectivity index is 2.00. The van der Waals surface area contributed by atoms with Crippen molar-refractivity contribution in [3.8, 4) is 5.75 Å². The average molecular weight is 267 g/mol. The number of ketones is 2. The Morgan fingerprint density at radius 3 is 2.35 bits per heavy atom. The fraction of sp³-hybridized carbons (Fsp3) is 0.0625. The van der Waals surface area contributed by atoms with Crippen LogP contribution in [-0.4, -0.2) is 22.9 Å². The number of carbonyl (C=O) groups excluding carboxylic acids is 2. The maximum absolute atomic E-state index is 11.8. The predicted molar refractivity (Wildman–Crippen MR) is 76.7 cm³/mol. The molecule has 0 aromatic heterocycles. The normalized spacial score (nSPS) is 10.6. The number of benzene rings is 2. The first-order valence-corrected chi connectivity index (χ1v) is 6.10. The van der Waals surface area contributed by atoms with E-state index in [4.69, 9.17) is 0 Å². The standard InChI is InChI=1S/C16H13NO3/c18-13(10-16(20)12-6-2-1-3-7-12)11-17-14-8-4-5-9-15(14)19/h1-9,11,19H,10H2. The minimum atomic E-state index is -0.401. The Morgan fingerprint density at radius 1 is 1.00 bits per heavy atom. The predicted octanol–water partition coefficient (Wildman–Crippen LogP) is 2.94. The van der Waals surface area contributed by atoms with E-state index in [0.717, 1.165) is 6.21 Å². The van der Waals surface area contributed by atoms with Crippen molar-refractivity contribution in [3.63, 3.8) is 0 Å². The van der Waals surface area contributed by atoms with E-state index in [9.17, 15) is 14.7 Å². The van der Waals surface area contributed by atoms with Crippen molar-refractivity contribution in [2.75, 3.05) is 0 Å². The first kappa shape index (κ1) is 13.7. The highest BCUT2D eigenvalue weighted by atomic mass is 16.3. The van der Waals surface area contributed by atoms with Crippen LogP contribution in [0.15, 0.2) is 59.6 Å². The molecule has 2 aromatic rings. The second kappa shape index (κ2) is 6.43. The van der Waals surface area contributed by atoms with E-state index < -0.39 is 5.78 Å². The number of aromatic hydroxyl groups is 1. The van der Waals surface area contributed by atoms with E-state index in [0.29, 0.717) is 11.3 Å². The van der Waals surface area contributed by atoms with Gasteiger partial charge in [-0.15, -0.1) is 0 Å².